The second-order valence-corrected chi connectivity index (χ2v) is 5.90. The topological polar surface area (TPSA) is 83.6 Å². The molecule has 1 aromatic carbocycles. The zero-order chi connectivity index (χ0) is 16.8. The smallest absolute Gasteiger partial charge is 0.411 e. The molecule has 0 aliphatic carbocycles. The molecule has 0 bridgehead atoms. The molecule has 3 amide bonds. The van der Waals surface area contributed by atoms with Crippen molar-refractivity contribution in [1.82, 2.24) is 9.88 Å². The fourth-order valence-corrected chi connectivity index (χ4v) is 2.42. The molecule has 8 heteroatoms. The van der Waals surface area contributed by atoms with Crippen LogP contribution in [-0.2, 0) is 11.3 Å². The summed E-state index contributed by atoms with van der Waals surface area (Å²) in [5.41, 5.74) is 2.08. The molecule has 1 heterocycles. The number of aromatic nitrogens is 1. The molecule has 0 saturated heterocycles. The minimum atomic E-state index is -0.542. The van der Waals surface area contributed by atoms with E-state index in [0.29, 0.717) is 17.9 Å². The monoisotopic (exact) mass is 334 g/mol. The van der Waals surface area contributed by atoms with Crippen LogP contribution in [0.2, 0.25) is 0 Å². The first-order valence-corrected chi connectivity index (χ1v) is 7.74. The zero-order valence-corrected chi connectivity index (χ0v) is 13.9. The maximum absolute atomic E-state index is 12.1. The Morgan fingerprint density at radius 2 is 1.83 bits per heavy atom. The normalized spacial score (nSPS) is 10.0. The summed E-state index contributed by atoms with van der Waals surface area (Å²) in [7, 11) is 3.00. The Labute approximate surface area is 138 Å². The number of urea groups is 1. The van der Waals surface area contributed by atoms with Crippen molar-refractivity contribution in [1.29, 1.82) is 0 Å². The van der Waals surface area contributed by atoms with Gasteiger partial charge in [-0.15, -0.1) is 11.3 Å². The predicted molar refractivity (Wildman–Crippen MR) is 89.8 cm³/mol. The number of rotatable bonds is 4. The predicted octanol–water partition coefficient (Wildman–Crippen LogP) is 3.29. The molecule has 2 rings (SSSR count). The summed E-state index contributed by atoms with van der Waals surface area (Å²) in [6.45, 7) is 2.37. The molecule has 0 aliphatic heterocycles. The Kier molecular flexibility index (Phi) is 5.53. The first kappa shape index (κ1) is 16.8. The van der Waals surface area contributed by atoms with E-state index in [0.717, 1.165) is 10.7 Å². The van der Waals surface area contributed by atoms with Gasteiger partial charge < -0.3 is 15.0 Å². The van der Waals surface area contributed by atoms with Gasteiger partial charge >= 0.3 is 12.1 Å². The Morgan fingerprint density at radius 1 is 1.22 bits per heavy atom. The van der Waals surface area contributed by atoms with E-state index in [2.05, 4.69) is 20.4 Å². The van der Waals surface area contributed by atoms with Crippen LogP contribution in [0.15, 0.2) is 29.6 Å². The third kappa shape index (κ3) is 4.96. The van der Waals surface area contributed by atoms with E-state index >= 15 is 0 Å². The van der Waals surface area contributed by atoms with E-state index in [4.69, 9.17) is 0 Å². The summed E-state index contributed by atoms with van der Waals surface area (Å²) in [5.74, 6) is 0. The average Bonchev–Trinajstić information content (AvgIpc) is 2.94. The fraction of sp³-hybridized carbons (Fsp3) is 0.267. The highest BCUT2D eigenvalue weighted by Gasteiger charge is 2.11. The summed E-state index contributed by atoms with van der Waals surface area (Å²) in [5, 5.41) is 8.23. The van der Waals surface area contributed by atoms with Crippen LogP contribution in [0.5, 0.6) is 0 Å². The Hall–Kier alpha value is -2.61. The van der Waals surface area contributed by atoms with Gasteiger partial charge in [0.25, 0.3) is 0 Å². The minimum absolute atomic E-state index is 0.232. The molecule has 0 radical (unpaired) electrons. The van der Waals surface area contributed by atoms with Crippen LogP contribution in [0.25, 0.3) is 0 Å². The number of amides is 3. The number of aryl methyl sites for hydroxylation is 1. The van der Waals surface area contributed by atoms with Crippen molar-refractivity contribution >= 4 is 34.8 Å². The number of methoxy groups -OCH3 is 1. The van der Waals surface area contributed by atoms with Gasteiger partial charge in [-0.05, 0) is 31.2 Å². The Balaban J connectivity index is 1.90. The van der Waals surface area contributed by atoms with Crippen LogP contribution in [0.3, 0.4) is 0 Å². The number of hydrogen-bond acceptors (Lipinski definition) is 5. The van der Waals surface area contributed by atoms with Crippen molar-refractivity contribution in [2.45, 2.75) is 13.5 Å². The molecule has 0 fully saturated rings. The van der Waals surface area contributed by atoms with E-state index in [9.17, 15) is 9.59 Å². The number of anilines is 2. The van der Waals surface area contributed by atoms with Crippen molar-refractivity contribution < 1.29 is 14.3 Å². The number of carbonyl (C=O) groups excluding carboxylic acids is 2. The van der Waals surface area contributed by atoms with E-state index in [1.807, 2.05) is 12.3 Å². The first-order chi connectivity index (χ1) is 11.0. The number of carbonyl (C=O) groups is 2. The standard InChI is InChI=1S/C15H18N4O3S/c1-10-16-13(9-23-10)8-19(2)14(20)17-11-4-6-12(7-5-11)18-15(21)22-3/h4-7,9H,8H2,1-3H3,(H,17,20)(H,18,21). The van der Waals surface area contributed by atoms with Gasteiger partial charge in [0.2, 0.25) is 0 Å². The number of hydrogen-bond donors (Lipinski definition) is 2. The summed E-state index contributed by atoms with van der Waals surface area (Å²) in [6.07, 6.45) is -0.542. The van der Waals surface area contributed by atoms with E-state index in [1.165, 1.54) is 7.11 Å². The van der Waals surface area contributed by atoms with Gasteiger partial charge in [0.1, 0.15) is 0 Å². The van der Waals surface area contributed by atoms with Gasteiger partial charge in [-0.3, -0.25) is 5.32 Å². The van der Waals surface area contributed by atoms with Crippen molar-refractivity contribution in [2.24, 2.45) is 0 Å². The molecule has 0 spiro atoms. The highest BCUT2D eigenvalue weighted by atomic mass is 32.1. The number of nitrogens with zero attached hydrogens (tertiary/aromatic N) is 2. The van der Waals surface area contributed by atoms with E-state index in [-0.39, 0.29) is 6.03 Å². The zero-order valence-electron chi connectivity index (χ0n) is 13.1. The van der Waals surface area contributed by atoms with Crippen LogP contribution in [0, 0.1) is 6.92 Å². The summed E-state index contributed by atoms with van der Waals surface area (Å²) >= 11 is 1.56. The molecule has 0 atom stereocenters. The van der Waals surface area contributed by atoms with Gasteiger partial charge in [-0.2, -0.15) is 0 Å². The lowest BCUT2D eigenvalue weighted by atomic mass is 10.3. The maximum Gasteiger partial charge on any atom is 0.411 e. The minimum Gasteiger partial charge on any atom is -0.453 e. The lowest BCUT2D eigenvalue weighted by molar-refractivity contribution is 0.187. The molecule has 2 aromatic rings. The fourth-order valence-electron chi connectivity index (χ4n) is 1.82. The second-order valence-electron chi connectivity index (χ2n) is 4.84. The third-order valence-corrected chi connectivity index (χ3v) is 3.80. The second kappa shape index (κ2) is 7.59. The largest absolute Gasteiger partial charge is 0.453 e. The van der Waals surface area contributed by atoms with Gasteiger partial charge in [0, 0.05) is 23.8 Å². The molecular formula is C15H18N4O3S. The summed E-state index contributed by atoms with van der Waals surface area (Å²) < 4.78 is 4.51. The molecule has 122 valence electrons. The number of nitrogens with one attached hydrogen (secondary N) is 2. The third-order valence-electron chi connectivity index (χ3n) is 2.98. The van der Waals surface area contributed by atoms with Crippen LogP contribution in [0.1, 0.15) is 10.7 Å². The first-order valence-electron chi connectivity index (χ1n) is 6.86. The SMILES string of the molecule is COC(=O)Nc1ccc(NC(=O)N(C)Cc2csc(C)n2)cc1. The molecule has 2 N–H and O–H groups in total. The quantitative estimate of drug-likeness (QED) is 0.898. The van der Waals surface area contributed by atoms with E-state index in [1.54, 1.807) is 47.5 Å². The average molecular weight is 334 g/mol. The molecule has 7 nitrogen and oxygen atoms in total. The van der Waals surface area contributed by atoms with Crippen molar-refractivity contribution in [3.63, 3.8) is 0 Å². The lowest BCUT2D eigenvalue weighted by Crippen LogP contribution is -2.30. The molecule has 1 aromatic heterocycles. The van der Waals surface area contributed by atoms with Crippen molar-refractivity contribution in [3.05, 3.63) is 40.3 Å². The van der Waals surface area contributed by atoms with Crippen LogP contribution in [0.4, 0.5) is 21.0 Å². The lowest BCUT2D eigenvalue weighted by Gasteiger charge is -2.17. The van der Waals surface area contributed by atoms with Crippen LogP contribution >= 0.6 is 11.3 Å². The summed E-state index contributed by atoms with van der Waals surface area (Å²) in [6, 6.07) is 6.52. The number of ether oxygens (including phenoxy) is 1. The van der Waals surface area contributed by atoms with Crippen molar-refractivity contribution in [3.8, 4) is 0 Å². The van der Waals surface area contributed by atoms with Gasteiger partial charge in [0.05, 0.1) is 24.4 Å². The highest BCUT2D eigenvalue weighted by molar-refractivity contribution is 7.09. The summed E-state index contributed by atoms with van der Waals surface area (Å²) in [4.78, 5) is 29.1. The number of benzene rings is 1. The van der Waals surface area contributed by atoms with Gasteiger partial charge in [-0.1, -0.05) is 0 Å². The van der Waals surface area contributed by atoms with Gasteiger partial charge in [0.15, 0.2) is 0 Å². The maximum atomic E-state index is 12.1. The van der Waals surface area contributed by atoms with E-state index < -0.39 is 6.09 Å². The van der Waals surface area contributed by atoms with Crippen LogP contribution in [-0.4, -0.2) is 36.2 Å². The molecular weight excluding hydrogens is 316 g/mol. The van der Waals surface area contributed by atoms with Crippen molar-refractivity contribution in [2.75, 3.05) is 24.8 Å². The highest BCUT2D eigenvalue weighted by Crippen LogP contribution is 2.15. The molecule has 23 heavy (non-hydrogen) atoms. The molecule has 0 aliphatic rings. The Bertz CT molecular complexity index is 684. The number of thiazole rings is 1. The van der Waals surface area contributed by atoms with Gasteiger partial charge in [-0.25, -0.2) is 14.6 Å². The molecule has 0 unspecified atom stereocenters. The Morgan fingerprint density at radius 3 is 2.35 bits per heavy atom. The molecule has 0 saturated carbocycles. The van der Waals surface area contributed by atoms with Crippen LogP contribution < -0.4 is 10.6 Å².